The summed E-state index contributed by atoms with van der Waals surface area (Å²) in [5, 5.41) is 3.37. The Bertz CT molecular complexity index is 559. The third kappa shape index (κ3) is 2.49. The van der Waals surface area contributed by atoms with Crippen molar-refractivity contribution in [2.24, 2.45) is 0 Å². The number of furan rings is 1. The Morgan fingerprint density at radius 1 is 1.32 bits per heavy atom. The van der Waals surface area contributed by atoms with Crippen LogP contribution in [0.1, 0.15) is 47.9 Å². The van der Waals surface area contributed by atoms with Crippen LogP contribution in [-0.4, -0.2) is 7.05 Å². The van der Waals surface area contributed by atoms with Crippen LogP contribution in [0.2, 0.25) is 0 Å². The van der Waals surface area contributed by atoms with Gasteiger partial charge in [0.15, 0.2) is 4.67 Å². The molecule has 0 amide bonds. The molecule has 0 aliphatic heterocycles. The molecule has 0 radical (unpaired) electrons. The van der Waals surface area contributed by atoms with Crippen molar-refractivity contribution in [1.29, 1.82) is 0 Å². The zero-order chi connectivity index (χ0) is 13.2. The quantitative estimate of drug-likeness (QED) is 0.889. The first-order valence-corrected chi connectivity index (χ1v) is 7.59. The molecule has 1 aliphatic carbocycles. The second kappa shape index (κ2) is 5.51. The van der Waals surface area contributed by atoms with E-state index >= 15 is 0 Å². The van der Waals surface area contributed by atoms with Gasteiger partial charge in [0.1, 0.15) is 0 Å². The van der Waals surface area contributed by atoms with E-state index in [0.29, 0.717) is 0 Å². The van der Waals surface area contributed by atoms with Gasteiger partial charge in [0.05, 0.1) is 12.3 Å². The van der Waals surface area contributed by atoms with E-state index in [0.717, 1.165) is 16.2 Å². The van der Waals surface area contributed by atoms with Gasteiger partial charge in [-0.2, -0.15) is 0 Å². The number of hydrogen-bond acceptors (Lipinski definition) is 2. The summed E-state index contributed by atoms with van der Waals surface area (Å²) in [5.41, 5.74) is 3.92. The Balaban J connectivity index is 1.93. The minimum absolute atomic E-state index is 0.174. The zero-order valence-corrected chi connectivity index (χ0v) is 12.6. The lowest BCUT2D eigenvalue weighted by Crippen LogP contribution is -2.18. The lowest BCUT2D eigenvalue weighted by Gasteiger charge is -2.27. The van der Waals surface area contributed by atoms with Gasteiger partial charge in [0.25, 0.3) is 0 Å². The maximum Gasteiger partial charge on any atom is 0.174 e. The summed E-state index contributed by atoms with van der Waals surface area (Å²) in [5.74, 6) is 0.769. The third-order valence-electron chi connectivity index (χ3n) is 4.07. The van der Waals surface area contributed by atoms with Crippen molar-refractivity contribution in [1.82, 2.24) is 5.32 Å². The Hall–Kier alpha value is -1.06. The molecule has 0 saturated heterocycles. The molecule has 100 valence electrons. The smallest absolute Gasteiger partial charge is 0.174 e. The van der Waals surface area contributed by atoms with Gasteiger partial charge in [0, 0.05) is 5.56 Å². The van der Waals surface area contributed by atoms with Crippen LogP contribution in [0.15, 0.2) is 45.7 Å². The van der Waals surface area contributed by atoms with Crippen LogP contribution in [0.25, 0.3) is 0 Å². The molecule has 3 heteroatoms. The van der Waals surface area contributed by atoms with Gasteiger partial charge in [-0.15, -0.1) is 0 Å². The fourth-order valence-electron chi connectivity index (χ4n) is 2.75. The summed E-state index contributed by atoms with van der Waals surface area (Å²) >= 11 is 3.47. The first-order chi connectivity index (χ1) is 9.29. The number of nitrogens with one attached hydrogen (secondary N) is 1. The fourth-order valence-corrected chi connectivity index (χ4v) is 3.22. The standard InChI is InChI=1S/C16H18BrNO/c1-18-15(14-8-9-19-16(14)17)13-7-3-6-12(10-13)11-4-2-5-11/h3,6-11,15,18H,2,4-5H2,1H3. The van der Waals surface area contributed by atoms with Crippen LogP contribution in [0.3, 0.4) is 0 Å². The molecule has 1 aliphatic rings. The van der Waals surface area contributed by atoms with E-state index in [-0.39, 0.29) is 6.04 Å². The number of halogens is 1. The number of rotatable bonds is 4. The zero-order valence-electron chi connectivity index (χ0n) is 11.0. The average molecular weight is 320 g/mol. The minimum Gasteiger partial charge on any atom is -0.457 e. The highest BCUT2D eigenvalue weighted by Crippen LogP contribution is 2.38. The lowest BCUT2D eigenvalue weighted by atomic mass is 9.79. The summed E-state index contributed by atoms with van der Waals surface area (Å²) in [6.45, 7) is 0. The van der Waals surface area contributed by atoms with Gasteiger partial charge in [-0.1, -0.05) is 30.7 Å². The SMILES string of the molecule is CNC(c1cccc(C2CCC2)c1)c1ccoc1Br. The predicted octanol–water partition coefficient (Wildman–Crippen LogP) is 4.62. The van der Waals surface area contributed by atoms with Gasteiger partial charge in [-0.25, -0.2) is 0 Å². The summed E-state index contributed by atoms with van der Waals surface area (Å²) in [7, 11) is 1.99. The molecule has 0 bridgehead atoms. The molecular weight excluding hydrogens is 302 g/mol. The molecule has 1 atom stereocenters. The van der Waals surface area contributed by atoms with Gasteiger partial charge in [-0.3, -0.25) is 0 Å². The van der Waals surface area contributed by atoms with Gasteiger partial charge in [-0.05, 0) is 58.9 Å². The fraction of sp³-hybridized carbons (Fsp3) is 0.375. The van der Waals surface area contributed by atoms with Crippen LogP contribution < -0.4 is 5.32 Å². The van der Waals surface area contributed by atoms with Crippen molar-refractivity contribution in [2.45, 2.75) is 31.2 Å². The van der Waals surface area contributed by atoms with E-state index in [2.05, 4.69) is 45.5 Å². The highest BCUT2D eigenvalue weighted by molar-refractivity contribution is 9.10. The molecule has 1 N–H and O–H groups in total. The molecule has 1 saturated carbocycles. The maximum atomic E-state index is 5.36. The van der Waals surface area contributed by atoms with E-state index in [1.54, 1.807) is 6.26 Å². The largest absolute Gasteiger partial charge is 0.457 e. The molecule has 0 spiro atoms. The maximum absolute atomic E-state index is 5.36. The summed E-state index contributed by atoms with van der Waals surface area (Å²) in [6, 6.07) is 11.1. The monoisotopic (exact) mass is 319 g/mol. The van der Waals surface area contributed by atoms with E-state index in [9.17, 15) is 0 Å². The van der Waals surface area contributed by atoms with E-state index in [1.807, 2.05) is 13.1 Å². The van der Waals surface area contributed by atoms with E-state index in [1.165, 1.54) is 30.4 Å². The van der Waals surface area contributed by atoms with E-state index < -0.39 is 0 Å². The Morgan fingerprint density at radius 2 is 2.16 bits per heavy atom. The van der Waals surface area contributed by atoms with Crippen molar-refractivity contribution in [3.8, 4) is 0 Å². The molecule has 1 aromatic heterocycles. The molecular formula is C16H18BrNO. The highest BCUT2D eigenvalue weighted by Gasteiger charge is 2.22. The molecule has 3 rings (SSSR count). The molecule has 1 unspecified atom stereocenters. The molecule has 2 nitrogen and oxygen atoms in total. The minimum atomic E-state index is 0.174. The van der Waals surface area contributed by atoms with Crippen molar-refractivity contribution in [3.05, 3.63) is 58.0 Å². The highest BCUT2D eigenvalue weighted by atomic mass is 79.9. The van der Waals surface area contributed by atoms with Crippen molar-refractivity contribution >= 4 is 15.9 Å². The van der Waals surface area contributed by atoms with Crippen molar-refractivity contribution in [3.63, 3.8) is 0 Å². The van der Waals surface area contributed by atoms with Gasteiger partial charge < -0.3 is 9.73 Å². The normalized spacial score (nSPS) is 17.2. The van der Waals surface area contributed by atoms with Crippen molar-refractivity contribution < 1.29 is 4.42 Å². The molecule has 2 aromatic rings. The second-order valence-electron chi connectivity index (χ2n) is 5.17. The molecule has 1 heterocycles. The van der Waals surface area contributed by atoms with Crippen molar-refractivity contribution in [2.75, 3.05) is 7.05 Å². The molecule has 1 aromatic carbocycles. The first kappa shape index (κ1) is 12.9. The van der Waals surface area contributed by atoms with Crippen LogP contribution in [0.4, 0.5) is 0 Å². The summed E-state index contributed by atoms with van der Waals surface area (Å²) in [6.07, 6.45) is 5.77. The molecule has 19 heavy (non-hydrogen) atoms. The van der Waals surface area contributed by atoms with Crippen LogP contribution in [0.5, 0.6) is 0 Å². The Labute approximate surface area is 122 Å². The summed E-state index contributed by atoms with van der Waals surface area (Å²) < 4.78 is 6.16. The predicted molar refractivity (Wildman–Crippen MR) is 80.3 cm³/mol. The first-order valence-electron chi connectivity index (χ1n) is 6.79. The van der Waals surface area contributed by atoms with Crippen LogP contribution >= 0.6 is 15.9 Å². The Kier molecular flexibility index (Phi) is 3.76. The lowest BCUT2D eigenvalue weighted by molar-refractivity contribution is 0.419. The topological polar surface area (TPSA) is 25.2 Å². The van der Waals surface area contributed by atoms with Crippen LogP contribution in [0, 0.1) is 0 Å². The summed E-state index contributed by atoms with van der Waals surface area (Å²) in [4.78, 5) is 0. The van der Waals surface area contributed by atoms with Crippen LogP contribution in [-0.2, 0) is 0 Å². The second-order valence-corrected chi connectivity index (χ2v) is 5.89. The number of hydrogen-bond donors (Lipinski definition) is 1. The van der Waals surface area contributed by atoms with Gasteiger partial charge in [0.2, 0.25) is 0 Å². The number of benzene rings is 1. The molecule has 1 fully saturated rings. The van der Waals surface area contributed by atoms with Gasteiger partial charge >= 0.3 is 0 Å². The third-order valence-corrected chi connectivity index (χ3v) is 4.71. The Morgan fingerprint density at radius 3 is 2.74 bits per heavy atom. The average Bonchev–Trinajstić information content (AvgIpc) is 2.75. The van der Waals surface area contributed by atoms with E-state index in [4.69, 9.17) is 4.42 Å².